The van der Waals surface area contributed by atoms with Gasteiger partial charge in [-0.1, -0.05) is 60.1 Å². The Kier molecular flexibility index (Phi) is 7.66. The number of amides is 1. The molecule has 0 aromatic heterocycles. The van der Waals surface area contributed by atoms with Crippen LogP contribution in [0.15, 0.2) is 72.0 Å². The van der Waals surface area contributed by atoms with Gasteiger partial charge in [0.15, 0.2) is 11.5 Å². The summed E-state index contributed by atoms with van der Waals surface area (Å²) in [5, 5.41) is 11.2. The molecule has 0 bridgehead atoms. The summed E-state index contributed by atoms with van der Waals surface area (Å²) in [5.74, 6) is -1.47. The van der Waals surface area contributed by atoms with Crippen LogP contribution in [0.3, 0.4) is 0 Å². The largest absolute Gasteiger partial charge is 0.503 e. The first-order chi connectivity index (χ1) is 14.9. The molecule has 0 radical (unpaired) electrons. The van der Waals surface area contributed by atoms with Crippen molar-refractivity contribution in [1.29, 1.82) is 0 Å². The third-order valence-corrected chi connectivity index (χ3v) is 5.23. The van der Waals surface area contributed by atoms with Crippen LogP contribution in [0.5, 0.6) is 0 Å². The lowest BCUT2D eigenvalue weighted by molar-refractivity contribution is -0.129. The molecule has 3 rings (SSSR count). The fourth-order valence-corrected chi connectivity index (χ4v) is 3.63. The number of halogens is 1. The van der Waals surface area contributed by atoms with E-state index < -0.39 is 23.5 Å². The number of hydrogen-bond acceptors (Lipinski definition) is 4. The maximum absolute atomic E-state index is 13.1. The Morgan fingerprint density at radius 1 is 1.16 bits per heavy atom. The highest BCUT2D eigenvalue weighted by atomic mass is 35.5. The number of nitrogens with zero attached hydrogens (tertiary/aromatic N) is 1. The van der Waals surface area contributed by atoms with Gasteiger partial charge in [0.1, 0.15) is 0 Å². The molecule has 162 valence electrons. The molecule has 1 aliphatic heterocycles. The van der Waals surface area contributed by atoms with Gasteiger partial charge < -0.3 is 14.7 Å². The highest BCUT2D eigenvalue weighted by Gasteiger charge is 2.42. The molecule has 2 aromatic rings. The van der Waals surface area contributed by atoms with Gasteiger partial charge in [0.25, 0.3) is 5.91 Å². The van der Waals surface area contributed by atoms with Crippen molar-refractivity contribution < 1.29 is 19.4 Å². The van der Waals surface area contributed by atoms with Crippen molar-refractivity contribution in [3.8, 4) is 0 Å². The van der Waals surface area contributed by atoms with Gasteiger partial charge in [0, 0.05) is 18.2 Å². The minimum Gasteiger partial charge on any atom is -0.503 e. The van der Waals surface area contributed by atoms with Crippen LogP contribution in [0.2, 0.25) is 5.02 Å². The zero-order valence-corrected chi connectivity index (χ0v) is 18.4. The average molecular weight is 440 g/mol. The predicted molar refractivity (Wildman–Crippen MR) is 122 cm³/mol. The smallest absolute Gasteiger partial charge is 0.290 e. The van der Waals surface area contributed by atoms with Gasteiger partial charge in [-0.25, -0.2) is 0 Å². The van der Waals surface area contributed by atoms with Crippen LogP contribution in [0, 0.1) is 0 Å². The van der Waals surface area contributed by atoms with Crippen molar-refractivity contribution >= 4 is 29.4 Å². The van der Waals surface area contributed by atoms with Crippen LogP contribution in [0.25, 0.3) is 6.08 Å². The van der Waals surface area contributed by atoms with E-state index in [1.807, 2.05) is 44.2 Å². The lowest BCUT2D eigenvalue weighted by atomic mass is 9.95. The third kappa shape index (κ3) is 5.63. The summed E-state index contributed by atoms with van der Waals surface area (Å²) < 4.78 is 5.57. The zero-order valence-electron chi connectivity index (χ0n) is 17.6. The van der Waals surface area contributed by atoms with Gasteiger partial charge in [0.2, 0.25) is 0 Å². The Bertz CT molecular complexity index is 980. The van der Waals surface area contributed by atoms with Crippen molar-refractivity contribution in [2.45, 2.75) is 32.4 Å². The summed E-state index contributed by atoms with van der Waals surface area (Å²) in [6.45, 7) is 4.72. The van der Waals surface area contributed by atoms with Gasteiger partial charge in [0.05, 0.1) is 17.7 Å². The van der Waals surface area contributed by atoms with E-state index in [2.05, 4.69) is 0 Å². The molecule has 1 N–H and O–H groups in total. The Morgan fingerprint density at radius 2 is 1.84 bits per heavy atom. The minimum atomic E-state index is -0.684. The number of allylic oxidation sites excluding steroid dienone is 1. The number of rotatable bonds is 9. The van der Waals surface area contributed by atoms with E-state index >= 15 is 0 Å². The molecule has 1 aliphatic rings. The highest BCUT2D eigenvalue weighted by Crippen LogP contribution is 2.38. The second-order valence-electron chi connectivity index (χ2n) is 7.60. The number of benzene rings is 2. The number of hydrogen-bond donors (Lipinski definition) is 1. The molecular formula is C25H26ClNO4. The van der Waals surface area contributed by atoms with Gasteiger partial charge in [-0.05, 0) is 49.6 Å². The van der Waals surface area contributed by atoms with Crippen molar-refractivity contribution in [2.75, 3.05) is 13.2 Å². The first-order valence-electron chi connectivity index (χ1n) is 10.3. The topological polar surface area (TPSA) is 66.8 Å². The van der Waals surface area contributed by atoms with E-state index in [1.165, 1.54) is 11.0 Å². The standard InChI is InChI=1S/C25H26ClNO4/c1-17(2)31-16-6-15-27-23(19-10-12-20(26)13-11-19)22(24(29)25(27)30)21(28)14-9-18-7-4-3-5-8-18/h3-5,7-14,17,23,29H,6,15-16H2,1-2H3/b14-9+/t23-/m0/s1. The molecule has 0 saturated heterocycles. The molecule has 1 heterocycles. The molecule has 31 heavy (non-hydrogen) atoms. The fraction of sp³-hybridized carbons (Fsp3) is 0.280. The SMILES string of the molecule is CC(C)OCCCN1C(=O)C(O)=C(C(=O)/C=C/c2ccccc2)[C@@H]1c1ccc(Cl)cc1. The van der Waals surface area contributed by atoms with Crippen LogP contribution in [0.1, 0.15) is 37.4 Å². The lowest BCUT2D eigenvalue weighted by Crippen LogP contribution is -2.32. The van der Waals surface area contributed by atoms with Crippen LogP contribution in [-0.2, 0) is 14.3 Å². The monoisotopic (exact) mass is 439 g/mol. The van der Waals surface area contributed by atoms with Crippen LogP contribution in [-0.4, -0.2) is 41.0 Å². The number of aliphatic hydroxyl groups is 1. The fourth-order valence-electron chi connectivity index (χ4n) is 3.51. The predicted octanol–water partition coefficient (Wildman–Crippen LogP) is 5.13. The summed E-state index contributed by atoms with van der Waals surface area (Å²) in [6, 6.07) is 15.6. The van der Waals surface area contributed by atoms with Crippen LogP contribution in [0.4, 0.5) is 0 Å². The molecule has 0 saturated carbocycles. The molecule has 0 spiro atoms. The van der Waals surface area contributed by atoms with E-state index in [-0.39, 0.29) is 11.7 Å². The molecule has 1 amide bonds. The molecule has 0 unspecified atom stereocenters. The number of ketones is 1. The van der Waals surface area contributed by atoms with Gasteiger partial charge in [-0.15, -0.1) is 0 Å². The quantitative estimate of drug-likeness (QED) is 0.434. The normalized spacial score (nSPS) is 16.7. The summed E-state index contributed by atoms with van der Waals surface area (Å²) in [5.41, 5.74) is 1.64. The second kappa shape index (κ2) is 10.4. The molecule has 0 aliphatic carbocycles. The molecule has 0 fully saturated rings. The minimum absolute atomic E-state index is 0.0734. The second-order valence-corrected chi connectivity index (χ2v) is 8.03. The Hall–Kier alpha value is -2.89. The molecule has 6 heteroatoms. The summed E-state index contributed by atoms with van der Waals surface area (Å²) >= 11 is 6.02. The van der Waals surface area contributed by atoms with Crippen LogP contribution >= 0.6 is 11.6 Å². The summed E-state index contributed by atoms with van der Waals surface area (Å²) in [7, 11) is 0. The van der Waals surface area contributed by atoms with Gasteiger partial charge >= 0.3 is 0 Å². The highest BCUT2D eigenvalue weighted by molar-refractivity contribution is 6.30. The maximum Gasteiger partial charge on any atom is 0.290 e. The Balaban J connectivity index is 1.89. The average Bonchev–Trinajstić information content (AvgIpc) is 3.01. The lowest BCUT2D eigenvalue weighted by Gasteiger charge is -2.26. The van der Waals surface area contributed by atoms with Gasteiger partial charge in [-0.2, -0.15) is 0 Å². The Labute approximate surface area is 187 Å². The molecular weight excluding hydrogens is 414 g/mol. The first-order valence-corrected chi connectivity index (χ1v) is 10.6. The molecule has 2 aromatic carbocycles. The maximum atomic E-state index is 13.1. The Morgan fingerprint density at radius 3 is 2.48 bits per heavy atom. The van der Waals surface area contributed by atoms with E-state index in [1.54, 1.807) is 30.3 Å². The van der Waals surface area contributed by atoms with E-state index in [0.717, 1.165) is 5.56 Å². The number of ether oxygens (including phenoxy) is 1. The number of carbonyl (C=O) groups is 2. The first kappa shape index (κ1) is 22.8. The van der Waals surface area contributed by atoms with Crippen molar-refractivity contribution in [3.05, 3.63) is 88.2 Å². The van der Waals surface area contributed by atoms with E-state index in [9.17, 15) is 14.7 Å². The van der Waals surface area contributed by atoms with Crippen LogP contribution < -0.4 is 0 Å². The number of aliphatic hydroxyl groups excluding tert-OH is 1. The zero-order chi connectivity index (χ0) is 22.4. The molecule has 1 atom stereocenters. The van der Waals surface area contributed by atoms with Gasteiger partial charge in [-0.3, -0.25) is 9.59 Å². The third-order valence-electron chi connectivity index (χ3n) is 4.98. The van der Waals surface area contributed by atoms with E-state index in [4.69, 9.17) is 16.3 Å². The van der Waals surface area contributed by atoms with Crippen molar-refractivity contribution in [2.24, 2.45) is 0 Å². The van der Waals surface area contributed by atoms with Crippen molar-refractivity contribution in [3.63, 3.8) is 0 Å². The van der Waals surface area contributed by atoms with Crippen molar-refractivity contribution in [1.82, 2.24) is 4.90 Å². The number of carbonyl (C=O) groups excluding carboxylic acids is 2. The summed E-state index contributed by atoms with van der Waals surface area (Å²) in [4.78, 5) is 27.4. The molecule has 5 nitrogen and oxygen atoms in total. The van der Waals surface area contributed by atoms with E-state index in [0.29, 0.717) is 30.2 Å². The summed E-state index contributed by atoms with van der Waals surface area (Å²) in [6.07, 6.45) is 3.74.